The van der Waals surface area contributed by atoms with E-state index in [1.165, 1.54) is 27.9 Å². The molecular weight excluding hydrogens is 451 g/mol. The molecular formula is C23H16F3N5O3. The van der Waals surface area contributed by atoms with Crippen LogP contribution in [0.4, 0.5) is 24.7 Å². The molecule has 8 nitrogen and oxygen atoms in total. The van der Waals surface area contributed by atoms with Gasteiger partial charge in [-0.05, 0) is 36.4 Å². The molecule has 0 saturated heterocycles. The molecule has 11 heteroatoms. The normalized spacial score (nSPS) is 14.0. The summed E-state index contributed by atoms with van der Waals surface area (Å²) in [6.07, 6.45) is -2.21. The number of nitrogens with zero attached hydrogens (tertiary/aromatic N) is 4. The number of Topliss-reactive ketones (excluding diaryl/α,β-unsaturated/α-hetero) is 1. The van der Waals surface area contributed by atoms with Crippen LogP contribution in [0.15, 0.2) is 61.1 Å². The van der Waals surface area contributed by atoms with Crippen LogP contribution in [0, 0.1) is 0 Å². The van der Waals surface area contributed by atoms with Crippen LogP contribution in [0.3, 0.4) is 0 Å². The Morgan fingerprint density at radius 1 is 1.09 bits per heavy atom. The van der Waals surface area contributed by atoms with Crippen LogP contribution in [0.2, 0.25) is 0 Å². The first-order valence-electron chi connectivity index (χ1n) is 10.1. The fourth-order valence-corrected chi connectivity index (χ4v) is 3.95. The van der Waals surface area contributed by atoms with Crippen LogP contribution in [-0.4, -0.2) is 45.6 Å². The fraction of sp³-hybridized carbons (Fsp3) is 0.130. The summed E-state index contributed by atoms with van der Waals surface area (Å²) in [5.74, 6) is -2.24. The molecule has 4 aromatic rings. The summed E-state index contributed by atoms with van der Waals surface area (Å²) in [4.78, 5) is 34.4. The highest BCUT2D eigenvalue weighted by atomic mass is 19.4. The number of halogens is 3. The van der Waals surface area contributed by atoms with E-state index in [0.29, 0.717) is 16.6 Å². The predicted octanol–water partition coefficient (Wildman–Crippen LogP) is 3.79. The Kier molecular flexibility index (Phi) is 4.96. The lowest BCUT2D eigenvalue weighted by Gasteiger charge is -2.20. The van der Waals surface area contributed by atoms with Gasteiger partial charge in [0.2, 0.25) is 5.88 Å². The molecule has 2 N–H and O–H groups in total. The molecule has 0 radical (unpaired) electrons. The van der Waals surface area contributed by atoms with Gasteiger partial charge in [0.15, 0.2) is 0 Å². The van der Waals surface area contributed by atoms with Crippen molar-refractivity contribution in [3.8, 4) is 11.6 Å². The fourth-order valence-electron chi connectivity index (χ4n) is 3.95. The number of para-hydroxylation sites is 1. The Morgan fingerprint density at radius 3 is 2.68 bits per heavy atom. The third-order valence-corrected chi connectivity index (χ3v) is 5.51. The quantitative estimate of drug-likeness (QED) is 0.460. The molecule has 1 aliphatic heterocycles. The first-order valence-corrected chi connectivity index (χ1v) is 10.1. The van der Waals surface area contributed by atoms with Crippen LogP contribution in [0.1, 0.15) is 20.7 Å². The number of anilines is 2. The van der Waals surface area contributed by atoms with Crippen molar-refractivity contribution in [1.29, 1.82) is 0 Å². The van der Waals surface area contributed by atoms with Crippen LogP contribution < -0.4 is 15.4 Å². The van der Waals surface area contributed by atoms with Crippen molar-refractivity contribution < 1.29 is 27.5 Å². The first kappa shape index (κ1) is 21.4. The number of benzene rings is 2. The van der Waals surface area contributed by atoms with Gasteiger partial charge in [-0.2, -0.15) is 13.2 Å². The van der Waals surface area contributed by atoms with Crippen molar-refractivity contribution in [2.24, 2.45) is 0 Å². The number of aromatic nitrogens is 3. The van der Waals surface area contributed by atoms with Gasteiger partial charge in [-0.3, -0.25) is 9.59 Å². The van der Waals surface area contributed by atoms with Gasteiger partial charge in [-0.25, -0.2) is 9.97 Å². The summed E-state index contributed by atoms with van der Waals surface area (Å²) < 4.78 is 46.4. The van der Waals surface area contributed by atoms with E-state index in [2.05, 4.69) is 9.97 Å². The number of alkyl halides is 3. The summed E-state index contributed by atoms with van der Waals surface area (Å²) in [5.41, 5.74) is 6.69. The molecule has 0 saturated carbocycles. The maximum absolute atomic E-state index is 13.2. The van der Waals surface area contributed by atoms with E-state index in [4.69, 9.17) is 10.5 Å². The minimum Gasteiger partial charge on any atom is -0.475 e. The zero-order chi connectivity index (χ0) is 24.0. The summed E-state index contributed by atoms with van der Waals surface area (Å²) in [6, 6.07) is 12.3. The van der Waals surface area contributed by atoms with Crippen LogP contribution >= 0.6 is 0 Å². The Labute approximate surface area is 190 Å². The first-order chi connectivity index (χ1) is 16.3. The van der Waals surface area contributed by atoms with Gasteiger partial charge in [0, 0.05) is 17.3 Å². The van der Waals surface area contributed by atoms with Crippen molar-refractivity contribution in [3.05, 3.63) is 72.2 Å². The van der Waals surface area contributed by atoms with E-state index in [0.717, 1.165) is 6.07 Å². The minimum absolute atomic E-state index is 0.0000646. The zero-order valence-electron chi connectivity index (χ0n) is 17.4. The highest BCUT2D eigenvalue weighted by Crippen LogP contribution is 2.32. The highest BCUT2D eigenvalue weighted by molar-refractivity contribution is 6.11. The SMILES string of the molecule is Nc1ncnc2c1C(=O)N(c1ccc3c(ccn3-c3ccccc3C(=O)C(F)(F)F)c1)CCO2. The molecule has 2 aromatic carbocycles. The molecule has 0 bridgehead atoms. The molecule has 2 aromatic heterocycles. The van der Waals surface area contributed by atoms with Crippen molar-refractivity contribution in [2.45, 2.75) is 6.18 Å². The highest BCUT2D eigenvalue weighted by Gasteiger charge is 2.40. The number of nitrogen functional groups attached to an aromatic ring is 1. The van der Waals surface area contributed by atoms with Crippen molar-refractivity contribution >= 4 is 34.1 Å². The lowest BCUT2D eigenvalue weighted by Crippen LogP contribution is -2.32. The molecule has 1 aliphatic rings. The smallest absolute Gasteiger partial charge is 0.454 e. The van der Waals surface area contributed by atoms with Gasteiger partial charge in [0.05, 0.1) is 23.3 Å². The topological polar surface area (TPSA) is 103 Å². The van der Waals surface area contributed by atoms with E-state index >= 15 is 0 Å². The maximum atomic E-state index is 13.2. The molecule has 0 atom stereocenters. The summed E-state index contributed by atoms with van der Waals surface area (Å²) in [7, 11) is 0. The van der Waals surface area contributed by atoms with Crippen LogP contribution in [0.5, 0.6) is 5.88 Å². The van der Waals surface area contributed by atoms with E-state index in [-0.39, 0.29) is 36.1 Å². The van der Waals surface area contributed by atoms with Crippen LogP contribution in [0.25, 0.3) is 16.6 Å². The Bertz CT molecular complexity index is 1450. The summed E-state index contributed by atoms with van der Waals surface area (Å²) >= 11 is 0. The average Bonchev–Trinajstić information content (AvgIpc) is 3.15. The number of rotatable bonds is 3. The van der Waals surface area contributed by atoms with E-state index in [1.54, 1.807) is 36.5 Å². The Balaban J connectivity index is 1.56. The Hall–Kier alpha value is -4.41. The lowest BCUT2D eigenvalue weighted by atomic mass is 10.1. The zero-order valence-corrected chi connectivity index (χ0v) is 17.4. The molecule has 5 rings (SSSR count). The number of hydrogen-bond donors (Lipinski definition) is 1. The standard InChI is InChI=1S/C23H16F3N5O3/c24-23(25,26)19(32)15-3-1-2-4-17(15)31-8-7-13-11-14(5-6-16(13)31)30-9-10-34-21-18(22(30)33)20(27)28-12-29-21/h1-8,11-12H,9-10H2,(H2,27,28,29). The van der Waals surface area contributed by atoms with Gasteiger partial charge in [-0.15, -0.1) is 0 Å². The van der Waals surface area contributed by atoms with E-state index in [9.17, 15) is 22.8 Å². The van der Waals surface area contributed by atoms with Crippen molar-refractivity contribution in [1.82, 2.24) is 14.5 Å². The maximum Gasteiger partial charge on any atom is 0.454 e. The number of carbonyl (C=O) groups excluding carboxylic acids is 2. The van der Waals surface area contributed by atoms with Gasteiger partial charge >= 0.3 is 6.18 Å². The van der Waals surface area contributed by atoms with Gasteiger partial charge in [-0.1, -0.05) is 12.1 Å². The lowest BCUT2D eigenvalue weighted by molar-refractivity contribution is -0.0885. The molecule has 172 valence electrons. The second-order valence-electron chi connectivity index (χ2n) is 7.52. The number of ketones is 1. The van der Waals surface area contributed by atoms with E-state index < -0.39 is 23.4 Å². The van der Waals surface area contributed by atoms with Crippen molar-refractivity contribution in [3.63, 3.8) is 0 Å². The largest absolute Gasteiger partial charge is 0.475 e. The van der Waals surface area contributed by atoms with Crippen molar-refractivity contribution in [2.75, 3.05) is 23.8 Å². The number of amides is 1. The number of hydrogen-bond acceptors (Lipinski definition) is 6. The van der Waals surface area contributed by atoms with Crippen LogP contribution in [-0.2, 0) is 0 Å². The monoisotopic (exact) mass is 467 g/mol. The third kappa shape index (κ3) is 3.51. The molecule has 0 fully saturated rings. The molecule has 0 aliphatic carbocycles. The molecule has 0 spiro atoms. The number of ether oxygens (including phenoxy) is 1. The average molecular weight is 467 g/mol. The molecule has 1 amide bonds. The number of fused-ring (bicyclic) bond motifs is 2. The van der Waals surface area contributed by atoms with Gasteiger partial charge in [0.1, 0.15) is 24.3 Å². The second-order valence-corrected chi connectivity index (χ2v) is 7.52. The predicted molar refractivity (Wildman–Crippen MR) is 117 cm³/mol. The molecule has 0 unspecified atom stereocenters. The summed E-state index contributed by atoms with van der Waals surface area (Å²) in [5, 5.41) is 0.655. The third-order valence-electron chi connectivity index (χ3n) is 5.51. The number of nitrogens with two attached hydrogens (primary N) is 1. The minimum atomic E-state index is -5.00. The number of carbonyl (C=O) groups is 2. The van der Waals surface area contributed by atoms with Gasteiger partial charge < -0.3 is 19.9 Å². The molecule has 34 heavy (non-hydrogen) atoms. The van der Waals surface area contributed by atoms with E-state index in [1.807, 2.05) is 0 Å². The molecule has 3 heterocycles. The second kappa shape index (κ2) is 7.87. The summed E-state index contributed by atoms with van der Waals surface area (Å²) in [6.45, 7) is 0.408. The van der Waals surface area contributed by atoms with Gasteiger partial charge in [0.25, 0.3) is 11.7 Å². The Morgan fingerprint density at radius 2 is 1.88 bits per heavy atom.